The third-order valence-corrected chi connectivity index (χ3v) is 5.86. The number of nitrogens with zero attached hydrogens (tertiary/aromatic N) is 1. The molecule has 28 heavy (non-hydrogen) atoms. The van der Waals surface area contributed by atoms with Gasteiger partial charge in [-0.3, -0.25) is 4.99 Å². The van der Waals surface area contributed by atoms with Crippen molar-refractivity contribution in [3.05, 3.63) is 34.9 Å². The second-order valence-corrected chi connectivity index (χ2v) is 8.33. The highest BCUT2D eigenvalue weighted by atomic mass is 35.5. The Bertz CT molecular complexity index is 628. The van der Waals surface area contributed by atoms with Crippen LogP contribution in [0.15, 0.2) is 29.3 Å². The summed E-state index contributed by atoms with van der Waals surface area (Å²) in [6, 6.07) is 8.22. The summed E-state index contributed by atoms with van der Waals surface area (Å²) < 4.78 is 11.2. The van der Waals surface area contributed by atoms with Gasteiger partial charge in [0.25, 0.3) is 0 Å². The van der Waals surface area contributed by atoms with Crippen LogP contribution < -0.4 is 10.6 Å². The Morgan fingerprint density at radius 3 is 2.82 bits per heavy atom. The van der Waals surface area contributed by atoms with Crippen molar-refractivity contribution in [3.8, 4) is 0 Å². The molecule has 2 N–H and O–H groups in total. The molecule has 5 nitrogen and oxygen atoms in total. The molecule has 3 rings (SSSR count). The van der Waals surface area contributed by atoms with Crippen molar-refractivity contribution >= 4 is 17.6 Å². The zero-order valence-corrected chi connectivity index (χ0v) is 17.8. The first kappa shape index (κ1) is 21.4. The molecule has 1 saturated heterocycles. The Balaban J connectivity index is 1.38. The summed E-state index contributed by atoms with van der Waals surface area (Å²) in [5.41, 5.74) is 1.47. The Hall–Kier alpha value is -1.30. The molecule has 1 saturated carbocycles. The van der Waals surface area contributed by atoms with E-state index in [1.54, 1.807) is 0 Å². The highest BCUT2D eigenvalue weighted by Gasteiger charge is 2.44. The number of aliphatic imine (C=N–C) groups is 1. The first-order valence-corrected chi connectivity index (χ1v) is 11.0. The average molecular weight is 408 g/mol. The van der Waals surface area contributed by atoms with Crippen LogP contribution in [0.4, 0.5) is 0 Å². The summed E-state index contributed by atoms with van der Waals surface area (Å²) in [6.07, 6.45) is 5.59. The summed E-state index contributed by atoms with van der Waals surface area (Å²) in [5.74, 6) is 1.56. The van der Waals surface area contributed by atoms with Gasteiger partial charge in [-0.15, -0.1) is 0 Å². The van der Waals surface area contributed by atoms with Crippen molar-refractivity contribution in [1.82, 2.24) is 10.6 Å². The predicted octanol–water partition coefficient (Wildman–Crippen LogP) is 3.76. The van der Waals surface area contributed by atoms with E-state index in [9.17, 15) is 0 Å². The molecule has 1 aromatic rings. The van der Waals surface area contributed by atoms with Gasteiger partial charge in [0.15, 0.2) is 5.96 Å². The molecule has 6 heteroatoms. The van der Waals surface area contributed by atoms with Crippen molar-refractivity contribution < 1.29 is 9.47 Å². The molecule has 0 spiro atoms. The van der Waals surface area contributed by atoms with Gasteiger partial charge < -0.3 is 20.1 Å². The van der Waals surface area contributed by atoms with Crippen LogP contribution in [0.3, 0.4) is 0 Å². The van der Waals surface area contributed by atoms with Crippen LogP contribution in [0.5, 0.6) is 0 Å². The van der Waals surface area contributed by atoms with Gasteiger partial charge in [-0.1, -0.05) is 23.7 Å². The number of rotatable bonds is 10. The van der Waals surface area contributed by atoms with Gasteiger partial charge in [0, 0.05) is 50.0 Å². The Labute approximate surface area is 174 Å². The van der Waals surface area contributed by atoms with E-state index in [-0.39, 0.29) is 5.41 Å². The summed E-state index contributed by atoms with van der Waals surface area (Å²) in [4.78, 5) is 4.84. The zero-order valence-electron chi connectivity index (χ0n) is 17.0. The van der Waals surface area contributed by atoms with Crippen molar-refractivity contribution in [2.24, 2.45) is 10.9 Å². The molecule has 0 bridgehead atoms. The van der Waals surface area contributed by atoms with Gasteiger partial charge in [0.1, 0.15) is 0 Å². The van der Waals surface area contributed by atoms with Gasteiger partial charge in [0.05, 0.1) is 6.54 Å². The normalized spacial score (nSPS) is 19.4. The van der Waals surface area contributed by atoms with Crippen LogP contribution in [-0.4, -0.2) is 52.0 Å². The second kappa shape index (κ2) is 11.0. The molecule has 1 aliphatic carbocycles. The molecule has 0 aromatic heterocycles. The summed E-state index contributed by atoms with van der Waals surface area (Å²) in [6.45, 7) is 8.03. The molecular formula is C22H34ClN3O2. The number of benzene rings is 1. The number of nitrogens with one attached hydrogen (secondary N) is 2. The number of guanidine groups is 1. The van der Waals surface area contributed by atoms with E-state index in [4.69, 9.17) is 26.1 Å². The summed E-state index contributed by atoms with van der Waals surface area (Å²) >= 11 is 6.17. The maximum absolute atomic E-state index is 6.17. The lowest BCUT2D eigenvalue weighted by Crippen LogP contribution is -2.38. The van der Waals surface area contributed by atoms with Crippen molar-refractivity contribution in [1.29, 1.82) is 0 Å². The minimum atomic E-state index is 0.167. The fourth-order valence-electron chi connectivity index (χ4n) is 3.62. The molecule has 0 atom stereocenters. The molecule has 1 heterocycles. The van der Waals surface area contributed by atoms with Gasteiger partial charge in [-0.2, -0.15) is 0 Å². The quantitative estimate of drug-likeness (QED) is 0.352. The largest absolute Gasteiger partial charge is 0.381 e. The van der Waals surface area contributed by atoms with E-state index in [1.807, 2.05) is 12.1 Å². The first-order valence-electron chi connectivity index (χ1n) is 10.7. The molecule has 156 valence electrons. The van der Waals surface area contributed by atoms with Crippen molar-refractivity contribution in [3.63, 3.8) is 0 Å². The van der Waals surface area contributed by atoms with E-state index in [1.165, 1.54) is 18.4 Å². The zero-order chi connectivity index (χ0) is 19.7. The lowest BCUT2D eigenvalue weighted by Gasteiger charge is -2.21. The van der Waals surface area contributed by atoms with Crippen LogP contribution >= 0.6 is 11.6 Å². The minimum absolute atomic E-state index is 0.167. The van der Waals surface area contributed by atoms with Gasteiger partial charge in [-0.05, 0) is 62.6 Å². The van der Waals surface area contributed by atoms with Crippen LogP contribution in [0, 0.1) is 5.92 Å². The highest BCUT2D eigenvalue weighted by Crippen LogP contribution is 2.48. The lowest BCUT2D eigenvalue weighted by atomic mass is 9.96. The maximum atomic E-state index is 6.17. The Kier molecular flexibility index (Phi) is 8.44. The molecule has 1 aromatic carbocycles. The van der Waals surface area contributed by atoms with Crippen LogP contribution in [0.25, 0.3) is 0 Å². The average Bonchev–Trinajstić information content (AvgIpc) is 3.51. The number of ether oxygens (including phenoxy) is 2. The van der Waals surface area contributed by atoms with Crippen LogP contribution in [-0.2, 0) is 14.9 Å². The standard InChI is InChI=1S/C22H34ClN3O2/c1-2-24-21(25-11-4-12-28-16-18-7-13-27-14-8-18)26-17-22(9-10-22)19-5-3-6-20(23)15-19/h3,5-6,15,18H,2,4,7-14,16-17H2,1H3,(H2,24,25,26). The molecule has 0 amide bonds. The predicted molar refractivity (Wildman–Crippen MR) is 115 cm³/mol. The number of hydrogen-bond acceptors (Lipinski definition) is 3. The van der Waals surface area contributed by atoms with Gasteiger partial charge in [0.2, 0.25) is 0 Å². The third-order valence-electron chi connectivity index (χ3n) is 5.63. The van der Waals surface area contributed by atoms with Crippen LogP contribution in [0.1, 0.15) is 44.6 Å². The van der Waals surface area contributed by atoms with E-state index < -0.39 is 0 Å². The topological polar surface area (TPSA) is 54.9 Å². The van der Waals surface area contributed by atoms with Crippen LogP contribution in [0.2, 0.25) is 5.02 Å². The molecule has 2 fully saturated rings. The highest BCUT2D eigenvalue weighted by molar-refractivity contribution is 6.30. The maximum Gasteiger partial charge on any atom is 0.191 e. The Morgan fingerprint density at radius 2 is 2.11 bits per heavy atom. The van der Waals surface area contributed by atoms with E-state index in [0.29, 0.717) is 5.92 Å². The smallest absolute Gasteiger partial charge is 0.191 e. The molecular weight excluding hydrogens is 374 g/mol. The van der Waals surface area contributed by atoms with E-state index in [2.05, 4.69) is 29.7 Å². The fourth-order valence-corrected chi connectivity index (χ4v) is 3.81. The fraction of sp³-hybridized carbons (Fsp3) is 0.682. The minimum Gasteiger partial charge on any atom is -0.381 e. The lowest BCUT2D eigenvalue weighted by molar-refractivity contribution is 0.0203. The monoisotopic (exact) mass is 407 g/mol. The van der Waals surface area contributed by atoms with Crippen molar-refractivity contribution in [2.45, 2.75) is 44.4 Å². The Morgan fingerprint density at radius 1 is 1.29 bits per heavy atom. The van der Waals surface area contributed by atoms with E-state index in [0.717, 1.165) is 76.3 Å². The number of halogens is 1. The molecule has 0 unspecified atom stereocenters. The molecule has 1 aliphatic heterocycles. The SMILES string of the molecule is CCNC(=NCC1(c2cccc(Cl)c2)CC1)NCCCOCC1CCOCC1. The second-order valence-electron chi connectivity index (χ2n) is 7.90. The molecule has 2 aliphatic rings. The molecule has 0 radical (unpaired) electrons. The third kappa shape index (κ3) is 6.64. The van der Waals surface area contributed by atoms with Gasteiger partial charge in [-0.25, -0.2) is 0 Å². The van der Waals surface area contributed by atoms with E-state index >= 15 is 0 Å². The first-order chi connectivity index (χ1) is 13.7. The summed E-state index contributed by atoms with van der Waals surface area (Å²) in [7, 11) is 0. The number of hydrogen-bond donors (Lipinski definition) is 2. The van der Waals surface area contributed by atoms with Gasteiger partial charge >= 0.3 is 0 Å². The summed E-state index contributed by atoms with van der Waals surface area (Å²) in [5, 5.41) is 7.59. The van der Waals surface area contributed by atoms with Crippen molar-refractivity contribution in [2.75, 3.05) is 46.1 Å².